The Kier molecular flexibility index (Phi) is 4.19. The summed E-state index contributed by atoms with van der Waals surface area (Å²) < 4.78 is 0. The van der Waals surface area contributed by atoms with Crippen LogP contribution in [0.4, 0.5) is 0 Å². The molecule has 20 heavy (non-hydrogen) atoms. The Bertz CT molecular complexity index is 545. The predicted molar refractivity (Wildman–Crippen MR) is 92.8 cm³/mol. The fraction of sp³-hybridized carbons (Fsp3) is 0.368. The summed E-state index contributed by atoms with van der Waals surface area (Å²) in [4.78, 5) is 0. The zero-order valence-corrected chi connectivity index (χ0v) is 14.4. The molecule has 1 heteroatoms. The van der Waals surface area contributed by atoms with Crippen molar-refractivity contribution in [3.05, 3.63) is 60.2 Å². The average molecular weight is 283 g/mol. The van der Waals surface area contributed by atoms with Gasteiger partial charge in [0.25, 0.3) is 0 Å². The van der Waals surface area contributed by atoms with Crippen LogP contribution >= 0.6 is 0 Å². The van der Waals surface area contributed by atoms with Crippen molar-refractivity contribution in [3.63, 3.8) is 0 Å². The third-order valence-corrected chi connectivity index (χ3v) is 10.1. The minimum Gasteiger partial charge on any atom is -0.0687 e. The Balaban J connectivity index is 2.18. The zero-order chi connectivity index (χ0) is 14.8. The van der Waals surface area contributed by atoms with Gasteiger partial charge in [0.2, 0.25) is 0 Å². The molecular formula is C19H26Si. The SMILES string of the molecule is CC(C)(C)[Si](C)(C)Cc1ccc(-c2ccccc2)cc1. The maximum atomic E-state index is 2.50. The molecule has 0 aliphatic rings. The number of rotatable bonds is 3. The van der Waals surface area contributed by atoms with Gasteiger partial charge in [0, 0.05) is 0 Å². The first-order chi connectivity index (χ1) is 9.29. The van der Waals surface area contributed by atoms with E-state index in [9.17, 15) is 0 Å². The van der Waals surface area contributed by atoms with Crippen molar-refractivity contribution in [2.24, 2.45) is 0 Å². The Morgan fingerprint density at radius 1 is 0.750 bits per heavy atom. The normalized spacial score (nSPS) is 12.4. The average Bonchev–Trinajstić information content (AvgIpc) is 2.39. The first-order valence-corrected chi connectivity index (χ1v) is 10.6. The van der Waals surface area contributed by atoms with Crippen molar-refractivity contribution in [2.45, 2.75) is 44.9 Å². The Morgan fingerprint density at radius 2 is 1.25 bits per heavy atom. The Hall–Kier alpha value is -1.34. The molecule has 0 aliphatic carbocycles. The summed E-state index contributed by atoms with van der Waals surface area (Å²) in [5.74, 6) is 0. The number of hydrogen-bond acceptors (Lipinski definition) is 0. The summed E-state index contributed by atoms with van der Waals surface area (Å²) in [6.45, 7) is 12.2. The van der Waals surface area contributed by atoms with E-state index in [0.717, 1.165) is 0 Å². The molecule has 0 heterocycles. The maximum Gasteiger partial charge on any atom is 0.0571 e. The molecule has 0 nitrogen and oxygen atoms in total. The number of benzene rings is 2. The van der Waals surface area contributed by atoms with Crippen LogP contribution in [-0.4, -0.2) is 8.07 Å². The molecule has 0 saturated heterocycles. The summed E-state index contributed by atoms with van der Waals surface area (Å²) >= 11 is 0. The van der Waals surface area contributed by atoms with Crippen LogP contribution in [0.1, 0.15) is 26.3 Å². The minimum atomic E-state index is -1.24. The second-order valence-corrected chi connectivity index (χ2v) is 13.0. The number of hydrogen-bond donors (Lipinski definition) is 0. The quantitative estimate of drug-likeness (QED) is 0.611. The van der Waals surface area contributed by atoms with Crippen molar-refractivity contribution in [3.8, 4) is 11.1 Å². The molecule has 0 aromatic heterocycles. The van der Waals surface area contributed by atoms with Crippen LogP contribution in [0.15, 0.2) is 54.6 Å². The van der Waals surface area contributed by atoms with Gasteiger partial charge in [0.05, 0.1) is 8.07 Å². The monoisotopic (exact) mass is 282 g/mol. The molecule has 0 unspecified atom stereocenters. The maximum absolute atomic E-state index is 2.50. The molecule has 0 spiro atoms. The molecule has 2 aromatic carbocycles. The van der Waals surface area contributed by atoms with Crippen molar-refractivity contribution < 1.29 is 0 Å². The van der Waals surface area contributed by atoms with Gasteiger partial charge in [0.1, 0.15) is 0 Å². The van der Waals surface area contributed by atoms with Gasteiger partial charge in [-0.15, -0.1) is 0 Å². The standard InChI is InChI=1S/C19H26Si/c1-19(2,3)20(4,5)15-16-11-13-18(14-12-16)17-9-7-6-8-10-17/h6-14H,15H2,1-5H3. The lowest BCUT2D eigenvalue weighted by atomic mass is 10.0. The first-order valence-electron chi connectivity index (χ1n) is 7.44. The van der Waals surface area contributed by atoms with Gasteiger partial charge in [-0.1, -0.05) is 94.0 Å². The lowest BCUT2D eigenvalue weighted by molar-refractivity contribution is 0.714. The Morgan fingerprint density at radius 3 is 1.75 bits per heavy atom. The highest BCUT2D eigenvalue weighted by Crippen LogP contribution is 2.38. The summed E-state index contributed by atoms with van der Waals surface area (Å²) in [7, 11) is -1.24. The highest BCUT2D eigenvalue weighted by Gasteiger charge is 2.34. The summed E-state index contributed by atoms with van der Waals surface area (Å²) in [5, 5.41) is 0.450. The topological polar surface area (TPSA) is 0 Å². The van der Waals surface area contributed by atoms with Gasteiger partial charge in [-0.05, 0) is 22.2 Å². The van der Waals surface area contributed by atoms with E-state index in [2.05, 4.69) is 88.5 Å². The van der Waals surface area contributed by atoms with Crippen LogP contribution in [0, 0.1) is 0 Å². The van der Waals surface area contributed by atoms with Gasteiger partial charge >= 0.3 is 0 Å². The predicted octanol–water partition coefficient (Wildman–Crippen LogP) is 5.94. The minimum absolute atomic E-state index is 0.450. The van der Waals surface area contributed by atoms with Crippen LogP contribution in [0.25, 0.3) is 11.1 Å². The van der Waals surface area contributed by atoms with E-state index in [4.69, 9.17) is 0 Å². The van der Waals surface area contributed by atoms with Crippen LogP contribution in [0.5, 0.6) is 0 Å². The second-order valence-electron chi connectivity index (χ2n) is 7.37. The van der Waals surface area contributed by atoms with Gasteiger partial charge in [-0.2, -0.15) is 0 Å². The van der Waals surface area contributed by atoms with Crippen molar-refractivity contribution in [1.29, 1.82) is 0 Å². The van der Waals surface area contributed by atoms with Crippen molar-refractivity contribution in [2.75, 3.05) is 0 Å². The van der Waals surface area contributed by atoms with Gasteiger partial charge in [0.15, 0.2) is 0 Å². The highest BCUT2D eigenvalue weighted by atomic mass is 28.3. The molecule has 0 aliphatic heterocycles. The van der Waals surface area contributed by atoms with Crippen molar-refractivity contribution in [1.82, 2.24) is 0 Å². The van der Waals surface area contributed by atoms with Crippen LogP contribution in [-0.2, 0) is 6.04 Å². The van der Waals surface area contributed by atoms with Gasteiger partial charge < -0.3 is 0 Å². The lowest BCUT2D eigenvalue weighted by Gasteiger charge is -2.37. The van der Waals surface area contributed by atoms with Crippen LogP contribution in [0.3, 0.4) is 0 Å². The van der Waals surface area contributed by atoms with Crippen LogP contribution in [0.2, 0.25) is 18.1 Å². The van der Waals surface area contributed by atoms with E-state index in [1.54, 1.807) is 0 Å². The molecule has 2 rings (SSSR count). The molecule has 0 N–H and O–H groups in total. The molecule has 0 radical (unpaired) electrons. The van der Waals surface area contributed by atoms with E-state index < -0.39 is 8.07 Å². The molecule has 0 saturated carbocycles. The zero-order valence-electron chi connectivity index (χ0n) is 13.4. The molecule has 0 fully saturated rings. The second kappa shape index (κ2) is 5.57. The third kappa shape index (κ3) is 3.40. The van der Waals surface area contributed by atoms with Gasteiger partial charge in [-0.3, -0.25) is 0 Å². The van der Waals surface area contributed by atoms with E-state index in [1.165, 1.54) is 22.7 Å². The Labute approximate surface area is 124 Å². The smallest absolute Gasteiger partial charge is 0.0571 e. The fourth-order valence-electron chi connectivity index (χ4n) is 2.22. The fourth-order valence-corrected chi connectivity index (χ4v) is 4.01. The lowest BCUT2D eigenvalue weighted by Crippen LogP contribution is -2.39. The van der Waals surface area contributed by atoms with Crippen molar-refractivity contribution >= 4 is 8.07 Å². The molecular weight excluding hydrogens is 256 g/mol. The third-order valence-electron chi connectivity index (χ3n) is 4.74. The van der Waals surface area contributed by atoms with Gasteiger partial charge in [-0.25, -0.2) is 0 Å². The highest BCUT2D eigenvalue weighted by molar-refractivity contribution is 6.79. The molecule has 0 amide bonds. The largest absolute Gasteiger partial charge is 0.0687 e. The summed E-state index contributed by atoms with van der Waals surface area (Å²) in [6, 6.07) is 21.0. The van der Waals surface area contributed by atoms with E-state index in [-0.39, 0.29) is 0 Å². The van der Waals surface area contributed by atoms with E-state index >= 15 is 0 Å². The van der Waals surface area contributed by atoms with E-state index in [0.29, 0.717) is 5.04 Å². The summed E-state index contributed by atoms with van der Waals surface area (Å²) in [5.41, 5.74) is 4.09. The van der Waals surface area contributed by atoms with Crippen LogP contribution < -0.4 is 0 Å². The first kappa shape index (κ1) is 15.1. The molecule has 0 bridgehead atoms. The van der Waals surface area contributed by atoms with E-state index in [1.807, 2.05) is 0 Å². The molecule has 0 atom stereocenters. The molecule has 106 valence electrons. The summed E-state index contributed by atoms with van der Waals surface area (Å²) in [6.07, 6.45) is 0. The molecule has 2 aromatic rings.